The molecule has 16 heavy (non-hydrogen) atoms. The first-order valence-electron chi connectivity index (χ1n) is 4.70. The Morgan fingerprint density at radius 1 is 1.44 bits per heavy atom. The quantitative estimate of drug-likeness (QED) is 0.859. The van der Waals surface area contributed by atoms with Gasteiger partial charge in [0.05, 0.1) is 5.56 Å². The molecule has 90 valence electrons. The van der Waals surface area contributed by atoms with Gasteiger partial charge in [-0.05, 0) is 32.3 Å². The number of likely N-dealkylation sites (N-methyl/N-ethyl adjacent to an activating group) is 1. The minimum Gasteiger partial charge on any atom is -0.492 e. The third-order valence-corrected chi connectivity index (χ3v) is 1.89. The van der Waals surface area contributed by atoms with Crippen LogP contribution in [0.4, 0.5) is 0 Å². The average Bonchev–Trinajstić information content (AvgIpc) is 2.17. The van der Waals surface area contributed by atoms with Crippen LogP contribution >= 0.6 is 12.4 Å². The summed E-state index contributed by atoms with van der Waals surface area (Å²) in [7, 11) is 3.91. The Labute approximate surface area is 101 Å². The first-order chi connectivity index (χ1) is 7.09. The van der Waals surface area contributed by atoms with Gasteiger partial charge in [-0.25, -0.2) is 4.79 Å². The standard InChI is InChI=1S/C11H15NO3.ClH/c1-12(2)6-7-15-10-5-3-4-9(8-10)11(13)14;/h3-5,8H,6-7H2,1-2H3,(H,13,14);1H. The van der Waals surface area contributed by atoms with Crippen LogP contribution in [0, 0.1) is 0 Å². The first kappa shape index (κ1) is 14.7. The van der Waals surface area contributed by atoms with E-state index < -0.39 is 5.97 Å². The van der Waals surface area contributed by atoms with Crippen LogP contribution in [0.1, 0.15) is 10.4 Å². The number of benzene rings is 1. The molecule has 0 heterocycles. The molecule has 0 bridgehead atoms. The molecule has 0 saturated heterocycles. The predicted molar refractivity (Wildman–Crippen MR) is 64.7 cm³/mol. The molecule has 0 unspecified atom stereocenters. The van der Waals surface area contributed by atoms with Crippen molar-refractivity contribution < 1.29 is 14.6 Å². The van der Waals surface area contributed by atoms with E-state index in [0.717, 1.165) is 6.54 Å². The highest BCUT2D eigenvalue weighted by Gasteiger charge is 2.03. The van der Waals surface area contributed by atoms with Gasteiger partial charge >= 0.3 is 5.97 Å². The predicted octanol–water partition coefficient (Wildman–Crippen LogP) is 1.75. The first-order valence-corrected chi connectivity index (χ1v) is 4.70. The fraction of sp³-hybridized carbons (Fsp3) is 0.364. The van der Waals surface area contributed by atoms with Crippen LogP contribution < -0.4 is 4.74 Å². The largest absolute Gasteiger partial charge is 0.492 e. The topological polar surface area (TPSA) is 49.8 Å². The summed E-state index contributed by atoms with van der Waals surface area (Å²) in [6, 6.07) is 6.50. The van der Waals surface area contributed by atoms with Crippen molar-refractivity contribution in [1.82, 2.24) is 4.90 Å². The van der Waals surface area contributed by atoms with Crippen molar-refractivity contribution in [2.75, 3.05) is 27.2 Å². The lowest BCUT2D eigenvalue weighted by Gasteiger charge is -2.11. The molecule has 1 aromatic carbocycles. The summed E-state index contributed by atoms with van der Waals surface area (Å²) in [6.07, 6.45) is 0. The zero-order valence-electron chi connectivity index (χ0n) is 9.34. The van der Waals surface area contributed by atoms with Crippen molar-refractivity contribution >= 4 is 18.4 Å². The van der Waals surface area contributed by atoms with Crippen LogP contribution in [0.15, 0.2) is 24.3 Å². The minimum absolute atomic E-state index is 0. The smallest absolute Gasteiger partial charge is 0.335 e. The Bertz CT molecular complexity index is 342. The minimum atomic E-state index is -0.937. The van der Waals surface area contributed by atoms with Crippen molar-refractivity contribution in [3.63, 3.8) is 0 Å². The molecule has 0 aliphatic heterocycles. The fourth-order valence-corrected chi connectivity index (χ4v) is 1.06. The SMILES string of the molecule is CN(C)CCOc1cccc(C(=O)O)c1.Cl. The lowest BCUT2D eigenvalue weighted by atomic mass is 10.2. The monoisotopic (exact) mass is 245 g/mol. The van der Waals surface area contributed by atoms with Crippen LogP contribution in [0.3, 0.4) is 0 Å². The number of ether oxygens (including phenoxy) is 1. The number of nitrogens with zero attached hydrogens (tertiary/aromatic N) is 1. The normalized spacial score (nSPS) is 9.69. The molecular formula is C11H16ClNO3. The summed E-state index contributed by atoms with van der Waals surface area (Å²) in [5, 5.41) is 8.76. The summed E-state index contributed by atoms with van der Waals surface area (Å²) in [5.41, 5.74) is 0.248. The zero-order chi connectivity index (χ0) is 11.3. The maximum absolute atomic E-state index is 10.7. The number of rotatable bonds is 5. The van der Waals surface area contributed by atoms with Gasteiger partial charge in [-0.3, -0.25) is 0 Å². The highest BCUT2D eigenvalue weighted by atomic mass is 35.5. The molecule has 1 rings (SSSR count). The molecule has 1 aromatic rings. The number of aromatic carboxylic acids is 1. The van der Waals surface area contributed by atoms with Gasteiger partial charge < -0.3 is 14.7 Å². The molecule has 1 N–H and O–H groups in total. The van der Waals surface area contributed by atoms with E-state index in [2.05, 4.69) is 0 Å². The molecule has 4 nitrogen and oxygen atoms in total. The Kier molecular flexibility index (Phi) is 6.53. The number of hydrogen-bond acceptors (Lipinski definition) is 3. The van der Waals surface area contributed by atoms with Gasteiger partial charge in [0.1, 0.15) is 12.4 Å². The molecule has 5 heteroatoms. The lowest BCUT2D eigenvalue weighted by Crippen LogP contribution is -2.19. The van der Waals surface area contributed by atoms with Crippen LogP contribution in [0.25, 0.3) is 0 Å². The third kappa shape index (κ3) is 5.00. The van der Waals surface area contributed by atoms with E-state index in [-0.39, 0.29) is 18.0 Å². The van der Waals surface area contributed by atoms with E-state index in [1.807, 2.05) is 19.0 Å². The van der Waals surface area contributed by atoms with Gasteiger partial charge in [-0.1, -0.05) is 6.07 Å². The zero-order valence-corrected chi connectivity index (χ0v) is 10.2. The summed E-state index contributed by atoms with van der Waals surface area (Å²) < 4.78 is 5.40. The van der Waals surface area contributed by atoms with E-state index in [4.69, 9.17) is 9.84 Å². The number of carbonyl (C=O) groups is 1. The van der Waals surface area contributed by atoms with Crippen LogP contribution in [0.2, 0.25) is 0 Å². The van der Waals surface area contributed by atoms with Crippen molar-refractivity contribution in [3.05, 3.63) is 29.8 Å². The Morgan fingerprint density at radius 2 is 2.12 bits per heavy atom. The second kappa shape index (κ2) is 7.09. The van der Waals surface area contributed by atoms with Gasteiger partial charge in [-0.2, -0.15) is 0 Å². The molecule has 0 aliphatic carbocycles. The van der Waals surface area contributed by atoms with Crippen LogP contribution in [0.5, 0.6) is 5.75 Å². The second-order valence-electron chi connectivity index (χ2n) is 3.48. The maximum atomic E-state index is 10.7. The highest BCUT2D eigenvalue weighted by Crippen LogP contribution is 2.12. The summed E-state index contributed by atoms with van der Waals surface area (Å²) in [5.74, 6) is -0.343. The van der Waals surface area contributed by atoms with E-state index in [1.54, 1.807) is 18.2 Å². The maximum Gasteiger partial charge on any atom is 0.335 e. The van der Waals surface area contributed by atoms with E-state index in [9.17, 15) is 4.79 Å². The molecule has 0 atom stereocenters. The summed E-state index contributed by atoms with van der Waals surface area (Å²) in [6.45, 7) is 1.35. The molecular weight excluding hydrogens is 230 g/mol. The number of hydrogen-bond donors (Lipinski definition) is 1. The summed E-state index contributed by atoms with van der Waals surface area (Å²) in [4.78, 5) is 12.7. The Balaban J connectivity index is 0.00000225. The molecule has 0 spiro atoms. The number of carboxylic acids is 1. The number of halogens is 1. The molecule has 0 aliphatic rings. The molecule has 0 saturated carbocycles. The van der Waals surface area contributed by atoms with E-state index in [1.165, 1.54) is 6.07 Å². The van der Waals surface area contributed by atoms with Crippen molar-refractivity contribution in [2.24, 2.45) is 0 Å². The van der Waals surface area contributed by atoms with Crippen molar-refractivity contribution in [2.45, 2.75) is 0 Å². The average molecular weight is 246 g/mol. The van der Waals surface area contributed by atoms with E-state index in [0.29, 0.717) is 12.4 Å². The Morgan fingerprint density at radius 3 is 2.69 bits per heavy atom. The van der Waals surface area contributed by atoms with Gasteiger partial charge in [0.15, 0.2) is 0 Å². The van der Waals surface area contributed by atoms with Crippen molar-refractivity contribution in [1.29, 1.82) is 0 Å². The van der Waals surface area contributed by atoms with Crippen LogP contribution in [-0.2, 0) is 0 Å². The number of carboxylic acid groups (broad SMARTS) is 1. The van der Waals surface area contributed by atoms with Crippen molar-refractivity contribution in [3.8, 4) is 5.75 Å². The van der Waals surface area contributed by atoms with Crippen LogP contribution in [-0.4, -0.2) is 43.2 Å². The lowest BCUT2D eigenvalue weighted by molar-refractivity contribution is 0.0696. The van der Waals surface area contributed by atoms with Gasteiger partial charge in [0, 0.05) is 6.54 Å². The van der Waals surface area contributed by atoms with Gasteiger partial charge in [0.2, 0.25) is 0 Å². The van der Waals surface area contributed by atoms with E-state index >= 15 is 0 Å². The molecule has 0 fully saturated rings. The fourth-order valence-electron chi connectivity index (χ4n) is 1.06. The van der Waals surface area contributed by atoms with Gasteiger partial charge in [0.25, 0.3) is 0 Å². The third-order valence-electron chi connectivity index (χ3n) is 1.89. The van der Waals surface area contributed by atoms with Gasteiger partial charge in [-0.15, -0.1) is 12.4 Å². The highest BCUT2D eigenvalue weighted by molar-refractivity contribution is 5.88. The Hall–Kier alpha value is -1.26. The molecule has 0 radical (unpaired) electrons. The summed E-state index contributed by atoms with van der Waals surface area (Å²) >= 11 is 0. The molecule has 0 amide bonds. The second-order valence-corrected chi connectivity index (χ2v) is 3.48. The molecule has 0 aromatic heterocycles.